The Kier molecular flexibility index (Phi) is 2.07. The molecule has 0 saturated heterocycles. The largest absolute Gasteiger partial charge is 0.0614 e. The van der Waals surface area contributed by atoms with Crippen molar-refractivity contribution in [3.05, 3.63) is 53.4 Å². The Balaban J connectivity index is 3.03. The first-order valence-electron chi connectivity index (χ1n) is 4.92. The Morgan fingerprint density at radius 3 is 2.43 bits per heavy atom. The van der Waals surface area contributed by atoms with Gasteiger partial charge in [-0.3, -0.25) is 0 Å². The fraction of sp³-hybridized carbons (Fsp3) is 0.214. The van der Waals surface area contributed by atoms with Crippen molar-refractivity contribution in [1.29, 1.82) is 0 Å². The summed E-state index contributed by atoms with van der Waals surface area (Å²) in [6.07, 6.45) is 0. The second-order valence-electron chi connectivity index (χ2n) is 3.98. The lowest BCUT2D eigenvalue weighted by molar-refractivity contribution is 1.35. The molecule has 0 nitrogen and oxygen atoms in total. The van der Waals surface area contributed by atoms with E-state index >= 15 is 0 Å². The zero-order valence-electron chi connectivity index (χ0n) is 9.02. The summed E-state index contributed by atoms with van der Waals surface area (Å²) < 4.78 is 0. The molecule has 0 saturated carbocycles. The van der Waals surface area contributed by atoms with Gasteiger partial charge in [-0.15, -0.1) is 0 Å². The van der Waals surface area contributed by atoms with E-state index in [2.05, 4.69) is 52.0 Å². The molecule has 0 heteroatoms. The SMILES string of the molecule is [CH2]c1cc(C)c(C)c2c(C)cccc12. The van der Waals surface area contributed by atoms with Gasteiger partial charge in [-0.1, -0.05) is 24.3 Å². The van der Waals surface area contributed by atoms with Gasteiger partial charge in [-0.2, -0.15) is 0 Å². The lowest BCUT2D eigenvalue weighted by Gasteiger charge is -2.11. The van der Waals surface area contributed by atoms with E-state index in [1.165, 1.54) is 27.5 Å². The molecule has 71 valence electrons. The van der Waals surface area contributed by atoms with Gasteiger partial charge in [0.1, 0.15) is 0 Å². The van der Waals surface area contributed by atoms with E-state index in [1.807, 2.05) is 0 Å². The summed E-state index contributed by atoms with van der Waals surface area (Å²) in [5.74, 6) is 0. The normalized spacial score (nSPS) is 10.9. The first kappa shape index (κ1) is 9.26. The van der Waals surface area contributed by atoms with Gasteiger partial charge in [0.15, 0.2) is 0 Å². The van der Waals surface area contributed by atoms with E-state index in [9.17, 15) is 0 Å². The molecule has 0 unspecified atom stereocenters. The van der Waals surface area contributed by atoms with Crippen LogP contribution >= 0.6 is 0 Å². The average molecular weight is 183 g/mol. The van der Waals surface area contributed by atoms with Gasteiger partial charge in [0.25, 0.3) is 0 Å². The van der Waals surface area contributed by atoms with Gasteiger partial charge in [0.05, 0.1) is 0 Å². The molecule has 1 radical (unpaired) electrons. The van der Waals surface area contributed by atoms with Gasteiger partial charge >= 0.3 is 0 Å². The topological polar surface area (TPSA) is 0 Å². The van der Waals surface area contributed by atoms with Crippen LogP contribution in [0.25, 0.3) is 10.8 Å². The molecule has 2 aromatic carbocycles. The molecule has 0 aliphatic carbocycles. The van der Waals surface area contributed by atoms with Crippen molar-refractivity contribution in [1.82, 2.24) is 0 Å². The summed E-state index contributed by atoms with van der Waals surface area (Å²) in [4.78, 5) is 0. The van der Waals surface area contributed by atoms with Crippen LogP contribution in [0.15, 0.2) is 24.3 Å². The van der Waals surface area contributed by atoms with Crippen LogP contribution in [0.3, 0.4) is 0 Å². The number of hydrogen-bond acceptors (Lipinski definition) is 0. The van der Waals surface area contributed by atoms with Gasteiger partial charge in [0, 0.05) is 0 Å². The van der Waals surface area contributed by atoms with Crippen LogP contribution in [0, 0.1) is 27.7 Å². The lowest BCUT2D eigenvalue weighted by atomic mass is 9.94. The third-order valence-corrected chi connectivity index (χ3v) is 2.98. The molecule has 0 amide bonds. The van der Waals surface area contributed by atoms with Gasteiger partial charge < -0.3 is 0 Å². The molecule has 2 rings (SSSR count). The molecule has 0 bridgehead atoms. The van der Waals surface area contributed by atoms with Crippen LogP contribution in [-0.4, -0.2) is 0 Å². The van der Waals surface area contributed by atoms with E-state index in [1.54, 1.807) is 0 Å². The average Bonchev–Trinajstić information content (AvgIpc) is 2.14. The van der Waals surface area contributed by atoms with Crippen molar-refractivity contribution in [2.75, 3.05) is 0 Å². The van der Waals surface area contributed by atoms with E-state index < -0.39 is 0 Å². The van der Waals surface area contributed by atoms with Crippen molar-refractivity contribution in [2.45, 2.75) is 20.8 Å². The monoisotopic (exact) mass is 183 g/mol. The minimum Gasteiger partial charge on any atom is -0.0614 e. The van der Waals surface area contributed by atoms with Crippen LogP contribution in [0.5, 0.6) is 0 Å². The zero-order valence-corrected chi connectivity index (χ0v) is 9.02. The summed E-state index contributed by atoms with van der Waals surface area (Å²) >= 11 is 0. The van der Waals surface area contributed by atoms with Crippen LogP contribution in [0.1, 0.15) is 22.3 Å². The molecule has 0 N–H and O–H groups in total. The highest BCUT2D eigenvalue weighted by Crippen LogP contribution is 2.27. The Morgan fingerprint density at radius 2 is 1.71 bits per heavy atom. The zero-order chi connectivity index (χ0) is 10.3. The standard InChI is InChI=1S/C14H15/c1-9-6-5-7-13-11(3)8-10(2)12(4)14(9)13/h5-8H,3H2,1-2,4H3. The fourth-order valence-electron chi connectivity index (χ4n) is 2.08. The van der Waals surface area contributed by atoms with Crippen LogP contribution < -0.4 is 0 Å². The third kappa shape index (κ3) is 1.22. The van der Waals surface area contributed by atoms with Crippen molar-refractivity contribution >= 4 is 10.8 Å². The first-order valence-corrected chi connectivity index (χ1v) is 4.92. The Labute approximate surface area is 85.6 Å². The molecule has 0 aliphatic heterocycles. The fourth-order valence-corrected chi connectivity index (χ4v) is 2.08. The maximum atomic E-state index is 4.09. The van der Waals surface area contributed by atoms with Gasteiger partial charge in [-0.25, -0.2) is 0 Å². The Hall–Kier alpha value is -1.30. The van der Waals surface area contributed by atoms with E-state index in [0.717, 1.165) is 5.56 Å². The molecule has 0 atom stereocenters. The maximum absolute atomic E-state index is 4.09. The van der Waals surface area contributed by atoms with Crippen molar-refractivity contribution < 1.29 is 0 Å². The molecular weight excluding hydrogens is 168 g/mol. The minimum atomic E-state index is 1.13. The molecular formula is C14H15. The molecule has 0 heterocycles. The summed E-state index contributed by atoms with van der Waals surface area (Å²) in [6.45, 7) is 10.6. The third-order valence-electron chi connectivity index (χ3n) is 2.98. The maximum Gasteiger partial charge on any atom is -0.0120 e. The van der Waals surface area contributed by atoms with Crippen molar-refractivity contribution in [3.63, 3.8) is 0 Å². The number of hydrogen-bond donors (Lipinski definition) is 0. The highest BCUT2D eigenvalue weighted by atomic mass is 14.1. The first-order chi connectivity index (χ1) is 6.61. The molecule has 14 heavy (non-hydrogen) atoms. The van der Waals surface area contributed by atoms with Crippen molar-refractivity contribution in [3.8, 4) is 0 Å². The van der Waals surface area contributed by atoms with E-state index in [0.29, 0.717) is 0 Å². The number of fused-ring (bicyclic) bond motifs is 1. The second kappa shape index (κ2) is 3.13. The van der Waals surface area contributed by atoms with E-state index in [-0.39, 0.29) is 0 Å². The van der Waals surface area contributed by atoms with Crippen LogP contribution in [0.4, 0.5) is 0 Å². The summed E-state index contributed by atoms with van der Waals surface area (Å²) in [6, 6.07) is 8.57. The van der Waals surface area contributed by atoms with Crippen LogP contribution in [0.2, 0.25) is 0 Å². The number of benzene rings is 2. The van der Waals surface area contributed by atoms with Gasteiger partial charge in [-0.05, 0) is 60.7 Å². The molecule has 0 spiro atoms. The van der Waals surface area contributed by atoms with E-state index in [4.69, 9.17) is 0 Å². The summed E-state index contributed by atoms with van der Waals surface area (Å²) in [5.41, 5.74) is 5.18. The quantitative estimate of drug-likeness (QED) is 0.580. The summed E-state index contributed by atoms with van der Waals surface area (Å²) in [7, 11) is 0. The van der Waals surface area contributed by atoms with Crippen LogP contribution in [-0.2, 0) is 0 Å². The predicted molar refractivity (Wildman–Crippen MR) is 62.6 cm³/mol. The smallest absolute Gasteiger partial charge is 0.0120 e. The molecule has 0 fully saturated rings. The summed E-state index contributed by atoms with van der Waals surface area (Å²) in [5, 5.41) is 2.66. The lowest BCUT2D eigenvalue weighted by Crippen LogP contribution is -1.89. The molecule has 0 aromatic heterocycles. The highest BCUT2D eigenvalue weighted by molar-refractivity contribution is 5.92. The number of aryl methyl sites for hydroxylation is 3. The Morgan fingerprint density at radius 1 is 1.00 bits per heavy atom. The molecule has 2 aromatic rings. The second-order valence-corrected chi connectivity index (χ2v) is 3.98. The predicted octanol–water partition coefficient (Wildman–Crippen LogP) is 3.95. The highest BCUT2D eigenvalue weighted by Gasteiger charge is 2.05. The molecule has 0 aliphatic rings. The van der Waals surface area contributed by atoms with Crippen molar-refractivity contribution in [2.24, 2.45) is 0 Å². The van der Waals surface area contributed by atoms with Gasteiger partial charge in [0.2, 0.25) is 0 Å². The minimum absolute atomic E-state index is 1.13. The number of rotatable bonds is 0. The Bertz CT molecular complexity index is 493.